The van der Waals surface area contributed by atoms with Crippen molar-refractivity contribution in [1.29, 1.82) is 0 Å². The number of nitrogens with one attached hydrogen (secondary N) is 3. The summed E-state index contributed by atoms with van der Waals surface area (Å²) < 4.78 is 91.8. The van der Waals surface area contributed by atoms with Crippen molar-refractivity contribution in [1.82, 2.24) is 20.5 Å². The van der Waals surface area contributed by atoms with Crippen LogP contribution >= 0.6 is 34.5 Å². The number of hydrogen-bond donors (Lipinski definition) is 6. The molecule has 6 N–H and O–H groups in total. The lowest BCUT2D eigenvalue weighted by molar-refractivity contribution is -0.193. The zero-order valence-electron chi connectivity index (χ0n) is 28.1. The molecule has 1 aliphatic carbocycles. The number of benzene rings is 2. The van der Waals surface area contributed by atoms with Crippen LogP contribution in [-0.4, -0.2) is 100 Å². The van der Waals surface area contributed by atoms with Gasteiger partial charge in [0.05, 0.1) is 14.7 Å². The Morgan fingerprint density at radius 3 is 1.98 bits per heavy atom. The number of aromatic hydroxyl groups is 1. The van der Waals surface area contributed by atoms with Crippen molar-refractivity contribution in [3.05, 3.63) is 61.2 Å². The highest BCUT2D eigenvalue weighted by molar-refractivity contribution is 7.16. The molecule has 0 spiro atoms. The molecule has 1 aromatic heterocycles. The molecule has 1 amide bonds. The molecule has 22 heteroatoms. The number of rotatable bonds is 13. The van der Waals surface area contributed by atoms with Gasteiger partial charge in [-0.15, -0.1) is 0 Å². The molecular formula is C32H36Cl2F8N4O7S. The van der Waals surface area contributed by atoms with Crippen molar-refractivity contribution in [2.75, 3.05) is 32.7 Å². The number of H-pyrrole nitrogens is 1. The summed E-state index contributed by atoms with van der Waals surface area (Å²) in [4.78, 5) is 46.9. The number of carbonyl (C=O) groups excluding carboxylic acids is 1. The first-order valence-corrected chi connectivity index (χ1v) is 17.6. The van der Waals surface area contributed by atoms with Gasteiger partial charge in [-0.2, -0.15) is 26.3 Å². The number of carboxylic acids is 2. The van der Waals surface area contributed by atoms with Gasteiger partial charge in [0.2, 0.25) is 11.8 Å². The first-order chi connectivity index (χ1) is 25.0. The van der Waals surface area contributed by atoms with Crippen LogP contribution in [-0.2, 0) is 27.2 Å². The predicted octanol–water partition coefficient (Wildman–Crippen LogP) is 6.63. The van der Waals surface area contributed by atoms with E-state index in [1.54, 1.807) is 23.1 Å². The van der Waals surface area contributed by atoms with E-state index in [0.717, 1.165) is 33.6 Å². The van der Waals surface area contributed by atoms with E-state index in [4.69, 9.17) is 43.0 Å². The third-order valence-corrected chi connectivity index (χ3v) is 9.46. The van der Waals surface area contributed by atoms with Crippen LogP contribution in [0.2, 0.25) is 10.0 Å². The molecule has 1 aliphatic rings. The van der Waals surface area contributed by atoms with E-state index >= 15 is 0 Å². The maximum atomic E-state index is 13.8. The second-order valence-corrected chi connectivity index (χ2v) is 13.5. The Morgan fingerprint density at radius 1 is 0.870 bits per heavy atom. The van der Waals surface area contributed by atoms with Gasteiger partial charge in [-0.1, -0.05) is 46.7 Å². The lowest BCUT2D eigenvalue weighted by atomic mass is 9.91. The van der Waals surface area contributed by atoms with Gasteiger partial charge in [-0.25, -0.2) is 18.4 Å². The van der Waals surface area contributed by atoms with Gasteiger partial charge in [-0.3, -0.25) is 9.59 Å². The van der Waals surface area contributed by atoms with E-state index in [2.05, 4.69) is 15.6 Å². The molecule has 0 aliphatic heterocycles. The fourth-order valence-corrected chi connectivity index (χ4v) is 6.27. The molecule has 0 unspecified atom stereocenters. The number of aliphatic carboxylic acids is 2. The van der Waals surface area contributed by atoms with Crippen molar-refractivity contribution in [2.45, 2.75) is 69.3 Å². The molecule has 4 rings (SSSR count). The summed E-state index contributed by atoms with van der Waals surface area (Å²) in [7, 11) is 0. The largest absolute Gasteiger partial charge is 0.506 e. The number of fused-ring (bicyclic) bond motifs is 1. The Labute approximate surface area is 316 Å². The molecule has 0 radical (unpaired) electrons. The van der Waals surface area contributed by atoms with Gasteiger partial charge in [0.25, 0.3) is 0 Å². The highest BCUT2D eigenvalue weighted by Gasteiger charge is 2.39. The van der Waals surface area contributed by atoms with Crippen molar-refractivity contribution in [3.8, 4) is 5.75 Å². The highest BCUT2D eigenvalue weighted by atomic mass is 35.5. The standard InChI is InChI=1S/C28H34Cl2F2N4O3S.2C2HF3O2/c29-21-3-1-18(17-22(21)30)7-12-33-14-9-24(38)36(20-5-10-28(31,32)11-6-20)16-15-34-13-8-19-2-4-23(37)25-26(19)40-27(39)35-25;2*3-2(4,5)1(6)7/h1-4,17,20,33-34,37H,5-16H2,(H,35,39);2*(H,6,7). The SMILES string of the molecule is O=C(CCNCCc1ccc(Cl)c(Cl)c1)N(CCNCCc1ccc(O)c2[nH]c(=O)sc12)C1CCC(F)(F)CC1.O=C(O)C(F)(F)F.O=C(O)C(F)(F)F. The van der Waals surface area contributed by atoms with E-state index in [9.17, 15) is 49.8 Å². The molecule has 1 heterocycles. The molecule has 11 nitrogen and oxygen atoms in total. The molecule has 0 saturated heterocycles. The molecule has 302 valence electrons. The van der Waals surface area contributed by atoms with E-state index in [0.29, 0.717) is 67.5 Å². The summed E-state index contributed by atoms with van der Waals surface area (Å²) >= 11 is 13.1. The second-order valence-electron chi connectivity index (χ2n) is 11.7. The number of thiazole rings is 1. The number of halogens is 10. The van der Waals surface area contributed by atoms with Crippen molar-refractivity contribution < 1.29 is 64.8 Å². The van der Waals surface area contributed by atoms with Crippen molar-refractivity contribution in [2.24, 2.45) is 0 Å². The number of aromatic amines is 1. The average Bonchev–Trinajstić information content (AvgIpc) is 3.47. The van der Waals surface area contributed by atoms with E-state index < -0.39 is 30.2 Å². The number of carboxylic acid groups (broad SMARTS) is 2. The number of phenols is 1. The molecule has 1 fully saturated rings. The van der Waals surface area contributed by atoms with Crippen LogP contribution < -0.4 is 15.5 Å². The predicted molar refractivity (Wildman–Crippen MR) is 185 cm³/mol. The summed E-state index contributed by atoms with van der Waals surface area (Å²) in [6.07, 6.45) is -8.32. The lowest BCUT2D eigenvalue weighted by Gasteiger charge is -2.37. The highest BCUT2D eigenvalue weighted by Crippen LogP contribution is 2.35. The van der Waals surface area contributed by atoms with Gasteiger partial charge in [0, 0.05) is 44.9 Å². The molecule has 1 saturated carbocycles. The molecule has 54 heavy (non-hydrogen) atoms. The monoisotopic (exact) mass is 842 g/mol. The normalized spacial score (nSPS) is 14.4. The second kappa shape index (κ2) is 20.8. The Bertz CT molecular complexity index is 1740. The van der Waals surface area contributed by atoms with Crippen LogP contribution in [0.4, 0.5) is 35.1 Å². The maximum Gasteiger partial charge on any atom is 0.490 e. The Kier molecular flexibility index (Phi) is 17.9. The fraction of sp³-hybridized carbons (Fsp3) is 0.500. The summed E-state index contributed by atoms with van der Waals surface area (Å²) in [6.45, 7) is 2.72. The minimum absolute atomic E-state index is 0.0427. The quantitative estimate of drug-likeness (QED) is 0.0817. The number of amides is 1. The molecule has 0 bridgehead atoms. The van der Waals surface area contributed by atoms with Crippen LogP contribution in [0.1, 0.15) is 43.2 Å². The third-order valence-electron chi connectivity index (χ3n) is 7.76. The smallest absolute Gasteiger partial charge is 0.490 e. The first kappa shape index (κ1) is 46.4. The van der Waals surface area contributed by atoms with Crippen LogP contribution in [0, 0.1) is 0 Å². The Morgan fingerprint density at radius 2 is 1.43 bits per heavy atom. The van der Waals surface area contributed by atoms with E-state index in [1.807, 2.05) is 12.1 Å². The molecule has 2 aromatic carbocycles. The van der Waals surface area contributed by atoms with Gasteiger partial charge in [-0.05, 0) is 68.1 Å². The Hall–Kier alpha value is -3.72. The zero-order valence-corrected chi connectivity index (χ0v) is 30.4. The zero-order chi connectivity index (χ0) is 40.9. The third kappa shape index (κ3) is 15.9. The Balaban J connectivity index is 0.000000610. The van der Waals surface area contributed by atoms with E-state index in [1.165, 1.54) is 0 Å². The summed E-state index contributed by atoms with van der Waals surface area (Å²) in [5, 5.41) is 31.9. The van der Waals surface area contributed by atoms with Crippen LogP contribution in [0.3, 0.4) is 0 Å². The van der Waals surface area contributed by atoms with E-state index in [-0.39, 0.29) is 41.8 Å². The number of alkyl halides is 8. The average molecular weight is 844 g/mol. The number of carbonyl (C=O) groups is 3. The summed E-state index contributed by atoms with van der Waals surface area (Å²) in [5.74, 6) is -8.17. The number of nitrogens with zero attached hydrogens (tertiary/aromatic N) is 1. The van der Waals surface area contributed by atoms with Crippen LogP contribution in [0.15, 0.2) is 35.1 Å². The number of aromatic nitrogens is 1. The van der Waals surface area contributed by atoms with Gasteiger partial charge in [0.1, 0.15) is 11.3 Å². The minimum Gasteiger partial charge on any atom is -0.506 e. The fourth-order valence-electron chi connectivity index (χ4n) is 5.06. The number of phenolic OH excluding ortho intramolecular Hbond substituents is 1. The molecule has 3 aromatic rings. The van der Waals surface area contributed by atoms with Crippen LogP contribution in [0.5, 0.6) is 5.75 Å². The maximum absolute atomic E-state index is 13.8. The van der Waals surface area contributed by atoms with Crippen LogP contribution in [0.25, 0.3) is 10.2 Å². The topological polar surface area (TPSA) is 172 Å². The molecule has 0 atom stereocenters. The lowest BCUT2D eigenvalue weighted by Crippen LogP contribution is -2.47. The van der Waals surface area contributed by atoms with Gasteiger partial charge in [0.15, 0.2) is 0 Å². The minimum atomic E-state index is -5.08. The summed E-state index contributed by atoms with van der Waals surface area (Å²) in [5.41, 5.74) is 2.43. The van der Waals surface area contributed by atoms with Gasteiger partial charge < -0.3 is 35.8 Å². The number of hydrogen-bond acceptors (Lipinski definition) is 8. The summed E-state index contributed by atoms with van der Waals surface area (Å²) in [6, 6.07) is 8.68. The van der Waals surface area contributed by atoms with Crippen molar-refractivity contribution >= 4 is 62.6 Å². The van der Waals surface area contributed by atoms with Gasteiger partial charge >= 0.3 is 29.2 Å². The first-order valence-electron chi connectivity index (χ1n) is 16.0. The van der Waals surface area contributed by atoms with Crippen molar-refractivity contribution in [3.63, 3.8) is 0 Å². The molecular weight excluding hydrogens is 807 g/mol.